The molecule has 2 rings (SSSR count). The fourth-order valence-corrected chi connectivity index (χ4v) is 1.75. The number of thiazole rings is 1. The molecular weight excluding hydrogens is 242 g/mol. The quantitative estimate of drug-likeness (QED) is 0.668. The van der Waals surface area contributed by atoms with Gasteiger partial charge in [-0.25, -0.2) is 4.98 Å². The highest BCUT2D eigenvalue weighted by Gasteiger charge is 2.10. The molecule has 6 nitrogen and oxygen atoms in total. The summed E-state index contributed by atoms with van der Waals surface area (Å²) in [6, 6.07) is 5.74. The highest BCUT2D eigenvalue weighted by Crippen LogP contribution is 2.17. The van der Waals surface area contributed by atoms with Gasteiger partial charge in [0.1, 0.15) is 5.69 Å². The van der Waals surface area contributed by atoms with Gasteiger partial charge in [0, 0.05) is 23.2 Å². The number of nitro benzene ring substituents is 1. The Morgan fingerprint density at radius 2 is 2.29 bits per heavy atom. The van der Waals surface area contributed by atoms with E-state index < -0.39 is 4.92 Å². The zero-order valence-corrected chi connectivity index (χ0v) is 9.31. The maximum Gasteiger partial charge on any atom is 0.275 e. The number of benzene rings is 1. The van der Waals surface area contributed by atoms with E-state index in [-0.39, 0.29) is 11.6 Å². The van der Waals surface area contributed by atoms with E-state index in [1.54, 1.807) is 17.0 Å². The molecule has 1 aromatic carbocycles. The third kappa shape index (κ3) is 2.64. The second kappa shape index (κ2) is 4.71. The molecule has 7 heteroatoms. The number of nitrogens with one attached hydrogen (secondary N) is 1. The summed E-state index contributed by atoms with van der Waals surface area (Å²) in [5.41, 5.74) is 2.14. The lowest BCUT2D eigenvalue weighted by molar-refractivity contribution is -0.384. The molecule has 0 atom stereocenters. The Balaban J connectivity index is 2.16. The Kier molecular flexibility index (Phi) is 3.10. The van der Waals surface area contributed by atoms with Crippen LogP contribution in [0.2, 0.25) is 0 Å². The summed E-state index contributed by atoms with van der Waals surface area (Å²) in [7, 11) is 0. The van der Waals surface area contributed by atoms with Gasteiger partial charge < -0.3 is 5.32 Å². The summed E-state index contributed by atoms with van der Waals surface area (Å²) in [5.74, 6) is -0.383. The van der Waals surface area contributed by atoms with E-state index in [4.69, 9.17) is 0 Å². The second-order valence-electron chi connectivity index (χ2n) is 3.14. The molecule has 1 amide bonds. The van der Waals surface area contributed by atoms with Gasteiger partial charge in [-0.15, -0.1) is 11.3 Å². The van der Waals surface area contributed by atoms with E-state index in [1.165, 1.54) is 29.5 Å². The van der Waals surface area contributed by atoms with Gasteiger partial charge in [0.2, 0.25) is 0 Å². The Morgan fingerprint density at radius 3 is 2.94 bits per heavy atom. The average Bonchev–Trinajstić information content (AvgIpc) is 2.82. The summed E-state index contributed by atoms with van der Waals surface area (Å²) < 4.78 is 0. The first-order chi connectivity index (χ1) is 8.16. The lowest BCUT2D eigenvalue weighted by Gasteiger charge is -2.02. The second-order valence-corrected chi connectivity index (χ2v) is 3.85. The van der Waals surface area contributed by atoms with Gasteiger partial charge in [-0.05, 0) is 6.07 Å². The molecule has 0 unspecified atom stereocenters. The summed E-state index contributed by atoms with van der Waals surface area (Å²) in [5, 5.41) is 14.7. The third-order valence-corrected chi connectivity index (χ3v) is 2.57. The number of rotatable bonds is 3. The number of hydrogen-bond donors (Lipinski definition) is 1. The van der Waals surface area contributed by atoms with Crippen molar-refractivity contribution in [3.63, 3.8) is 0 Å². The minimum atomic E-state index is -0.515. The van der Waals surface area contributed by atoms with Crippen molar-refractivity contribution in [2.24, 2.45) is 0 Å². The van der Waals surface area contributed by atoms with E-state index >= 15 is 0 Å². The van der Waals surface area contributed by atoms with Crippen molar-refractivity contribution in [2.75, 3.05) is 5.32 Å². The molecule has 0 aliphatic carbocycles. The van der Waals surface area contributed by atoms with Gasteiger partial charge in [-0.2, -0.15) is 0 Å². The fraction of sp³-hybridized carbons (Fsp3) is 0. The van der Waals surface area contributed by atoms with Crippen LogP contribution in [-0.2, 0) is 0 Å². The average molecular weight is 249 g/mol. The van der Waals surface area contributed by atoms with Gasteiger partial charge in [0.25, 0.3) is 11.6 Å². The fourth-order valence-electron chi connectivity index (χ4n) is 1.22. The van der Waals surface area contributed by atoms with Crippen molar-refractivity contribution in [3.8, 4) is 0 Å². The van der Waals surface area contributed by atoms with Crippen LogP contribution in [0, 0.1) is 10.1 Å². The summed E-state index contributed by atoms with van der Waals surface area (Å²) in [4.78, 5) is 25.5. The molecule has 17 heavy (non-hydrogen) atoms. The third-order valence-electron chi connectivity index (χ3n) is 1.98. The number of hydrogen-bond acceptors (Lipinski definition) is 5. The lowest BCUT2D eigenvalue weighted by Crippen LogP contribution is -2.12. The topological polar surface area (TPSA) is 85.1 Å². The van der Waals surface area contributed by atoms with Gasteiger partial charge >= 0.3 is 0 Å². The van der Waals surface area contributed by atoms with Crippen LogP contribution in [0.4, 0.5) is 11.4 Å². The van der Waals surface area contributed by atoms with Crippen molar-refractivity contribution in [1.29, 1.82) is 0 Å². The van der Waals surface area contributed by atoms with E-state index in [0.29, 0.717) is 11.4 Å². The number of carbonyl (C=O) groups is 1. The van der Waals surface area contributed by atoms with Crippen molar-refractivity contribution >= 4 is 28.6 Å². The smallest absolute Gasteiger partial charge is 0.275 e. The molecule has 0 bridgehead atoms. The maximum atomic E-state index is 11.6. The van der Waals surface area contributed by atoms with Gasteiger partial charge in [-0.1, -0.05) is 6.07 Å². The van der Waals surface area contributed by atoms with Crippen molar-refractivity contribution in [1.82, 2.24) is 4.98 Å². The van der Waals surface area contributed by atoms with E-state index in [1.807, 2.05) is 0 Å². The van der Waals surface area contributed by atoms with Crippen LogP contribution in [0.15, 0.2) is 35.2 Å². The first-order valence-electron chi connectivity index (χ1n) is 4.61. The van der Waals surface area contributed by atoms with Crippen molar-refractivity contribution in [3.05, 3.63) is 51.0 Å². The number of nitrogens with zero attached hydrogens (tertiary/aromatic N) is 2. The molecule has 1 aromatic heterocycles. The van der Waals surface area contributed by atoms with E-state index in [0.717, 1.165) is 0 Å². The highest BCUT2D eigenvalue weighted by molar-refractivity contribution is 7.07. The molecule has 0 aliphatic rings. The van der Waals surface area contributed by atoms with E-state index in [9.17, 15) is 14.9 Å². The van der Waals surface area contributed by atoms with Crippen LogP contribution in [0.25, 0.3) is 0 Å². The highest BCUT2D eigenvalue weighted by atomic mass is 32.1. The molecule has 0 aliphatic heterocycles. The van der Waals surface area contributed by atoms with Crippen LogP contribution in [-0.4, -0.2) is 15.8 Å². The van der Waals surface area contributed by atoms with Crippen LogP contribution in [0.1, 0.15) is 10.5 Å². The zero-order chi connectivity index (χ0) is 12.3. The number of amides is 1. The number of anilines is 1. The van der Waals surface area contributed by atoms with Gasteiger partial charge in [0.05, 0.1) is 10.4 Å². The first kappa shape index (κ1) is 11.2. The number of aromatic nitrogens is 1. The van der Waals surface area contributed by atoms with Crippen LogP contribution < -0.4 is 5.32 Å². The molecule has 86 valence electrons. The molecule has 0 radical (unpaired) electrons. The summed E-state index contributed by atoms with van der Waals surface area (Å²) in [6.07, 6.45) is 0. The van der Waals surface area contributed by atoms with Gasteiger partial charge in [0.15, 0.2) is 0 Å². The zero-order valence-electron chi connectivity index (χ0n) is 8.49. The first-order valence-corrected chi connectivity index (χ1v) is 5.55. The Bertz CT molecular complexity index is 554. The standard InChI is InChI=1S/C10H7N3O3S/c14-10(9-5-17-6-11-9)12-7-2-1-3-8(4-7)13(15)16/h1-6H,(H,12,14). The van der Waals surface area contributed by atoms with Crippen LogP contribution in [0.3, 0.4) is 0 Å². The molecule has 0 spiro atoms. The molecule has 1 N–H and O–H groups in total. The van der Waals surface area contributed by atoms with Crippen LogP contribution >= 0.6 is 11.3 Å². The van der Waals surface area contributed by atoms with Crippen LogP contribution in [0.5, 0.6) is 0 Å². The Labute approximate surface area is 100 Å². The summed E-state index contributed by atoms with van der Waals surface area (Å²) >= 11 is 1.31. The Morgan fingerprint density at radius 1 is 1.47 bits per heavy atom. The molecule has 1 heterocycles. The predicted octanol–water partition coefficient (Wildman–Crippen LogP) is 2.30. The minimum Gasteiger partial charge on any atom is -0.320 e. The monoisotopic (exact) mass is 249 g/mol. The number of nitro groups is 1. The van der Waals surface area contributed by atoms with Crippen molar-refractivity contribution < 1.29 is 9.72 Å². The number of non-ortho nitro benzene ring substituents is 1. The molecule has 2 aromatic rings. The SMILES string of the molecule is O=C(Nc1cccc([N+](=O)[O-])c1)c1cscn1. The van der Waals surface area contributed by atoms with Crippen molar-refractivity contribution in [2.45, 2.75) is 0 Å². The predicted molar refractivity (Wildman–Crippen MR) is 63.2 cm³/mol. The number of carbonyl (C=O) groups excluding carboxylic acids is 1. The molecule has 0 saturated heterocycles. The molecule has 0 saturated carbocycles. The Hall–Kier alpha value is -2.28. The maximum absolute atomic E-state index is 11.6. The molecular formula is C10H7N3O3S. The van der Waals surface area contributed by atoms with Gasteiger partial charge in [-0.3, -0.25) is 14.9 Å². The minimum absolute atomic E-state index is 0.0684. The molecule has 0 fully saturated rings. The summed E-state index contributed by atoms with van der Waals surface area (Å²) in [6.45, 7) is 0. The lowest BCUT2D eigenvalue weighted by atomic mass is 10.3. The largest absolute Gasteiger partial charge is 0.320 e. The normalized spacial score (nSPS) is 9.88. The van der Waals surface area contributed by atoms with E-state index in [2.05, 4.69) is 10.3 Å².